The van der Waals surface area contributed by atoms with Crippen molar-refractivity contribution in [2.45, 2.75) is 38.6 Å². The number of carbonyl (C=O) groups is 1. The van der Waals surface area contributed by atoms with Gasteiger partial charge in [-0.15, -0.1) is 0 Å². The molecule has 4 rings (SSSR count). The molecular weight excluding hydrogens is 368 g/mol. The van der Waals surface area contributed by atoms with Crippen molar-refractivity contribution in [3.8, 4) is 11.4 Å². The molecule has 1 amide bonds. The number of piperidine rings is 1. The molecule has 7 heteroatoms. The smallest absolute Gasteiger partial charge is 0.287 e. The molecule has 0 atom stereocenters. The summed E-state index contributed by atoms with van der Waals surface area (Å²) in [6.45, 7) is 4.77. The van der Waals surface area contributed by atoms with Crippen LogP contribution in [0.4, 0.5) is 0 Å². The maximum Gasteiger partial charge on any atom is 0.287 e. The van der Waals surface area contributed by atoms with E-state index in [1.54, 1.807) is 6.07 Å². The number of hydrogen-bond acceptors (Lipinski definition) is 6. The van der Waals surface area contributed by atoms with Crippen LogP contribution >= 0.6 is 0 Å². The Morgan fingerprint density at radius 3 is 2.69 bits per heavy atom. The second kappa shape index (κ2) is 9.05. The van der Waals surface area contributed by atoms with Crippen LogP contribution in [0, 0.1) is 6.92 Å². The summed E-state index contributed by atoms with van der Waals surface area (Å²) >= 11 is 0. The molecule has 3 heterocycles. The van der Waals surface area contributed by atoms with E-state index in [0.717, 1.165) is 56.6 Å². The molecule has 1 aliphatic heterocycles. The summed E-state index contributed by atoms with van der Waals surface area (Å²) in [4.78, 5) is 19.1. The van der Waals surface area contributed by atoms with Crippen LogP contribution in [-0.4, -0.2) is 46.6 Å². The van der Waals surface area contributed by atoms with Gasteiger partial charge in [0, 0.05) is 31.1 Å². The summed E-state index contributed by atoms with van der Waals surface area (Å²) in [5.41, 5.74) is 0.969. The van der Waals surface area contributed by atoms with E-state index in [9.17, 15) is 4.79 Å². The van der Waals surface area contributed by atoms with E-state index < -0.39 is 0 Å². The first-order valence-corrected chi connectivity index (χ1v) is 10.1. The number of amides is 1. The molecule has 0 unspecified atom stereocenters. The minimum Gasteiger partial charge on any atom is -0.456 e. The van der Waals surface area contributed by atoms with Gasteiger partial charge in [0.25, 0.3) is 5.91 Å². The largest absolute Gasteiger partial charge is 0.456 e. The summed E-state index contributed by atoms with van der Waals surface area (Å²) in [7, 11) is 0. The van der Waals surface area contributed by atoms with E-state index >= 15 is 0 Å². The molecule has 1 aromatic carbocycles. The lowest BCUT2D eigenvalue weighted by Gasteiger charge is -2.32. The molecule has 1 fully saturated rings. The van der Waals surface area contributed by atoms with Gasteiger partial charge >= 0.3 is 0 Å². The van der Waals surface area contributed by atoms with Gasteiger partial charge in [-0.05, 0) is 44.9 Å². The third-order valence-electron chi connectivity index (χ3n) is 5.25. The Bertz CT molecular complexity index is 926. The third kappa shape index (κ3) is 5.12. The topological polar surface area (TPSA) is 84.4 Å². The average molecular weight is 394 g/mol. The predicted octanol–water partition coefficient (Wildman–Crippen LogP) is 3.47. The predicted molar refractivity (Wildman–Crippen MR) is 108 cm³/mol. The first kappa shape index (κ1) is 19.4. The van der Waals surface area contributed by atoms with Crippen LogP contribution < -0.4 is 5.32 Å². The number of carbonyl (C=O) groups excluding carboxylic acids is 1. The van der Waals surface area contributed by atoms with E-state index in [1.807, 2.05) is 43.3 Å². The standard InChI is InChI=1S/C22H26N4O3/c1-16-9-10-19(28-16)22(27)23-18-11-14-26(15-12-18)13-5-8-20-24-21(25-29-20)17-6-3-2-4-7-17/h2-4,6-7,9-10,18H,5,8,11-15H2,1H3,(H,23,27). The fourth-order valence-electron chi connectivity index (χ4n) is 3.63. The molecule has 29 heavy (non-hydrogen) atoms. The summed E-state index contributed by atoms with van der Waals surface area (Å²) in [5, 5.41) is 7.14. The van der Waals surface area contributed by atoms with Crippen LogP contribution in [0.1, 0.15) is 41.5 Å². The second-order valence-corrected chi connectivity index (χ2v) is 7.48. The molecule has 7 nitrogen and oxygen atoms in total. The van der Waals surface area contributed by atoms with Gasteiger partial charge in [-0.2, -0.15) is 4.98 Å². The van der Waals surface area contributed by atoms with E-state index in [-0.39, 0.29) is 11.9 Å². The highest BCUT2D eigenvalue weighted by molar-refractivity contribution is 5.91. The Labute approximate surface area is 170 Å². The van der Waals surface area contributed by atoms with Gasteiger partial charge in [-0.25, -0.2) is 0 Å². The zero-order valence-corrected chi connectivity index (χ0v) is 16.6. The van der Waals surface area contributed by atoms with Crippen LogP contribution in [0.2, 0.25) is 0 Å². The van der Waals surface area contributed by atoms with Crippen LogP contribution in [-0.2, 0) is 6.42 Å². The molecule has 0 saturated carbocycles. The van der Waals surface area contributed by atoms with Crippen molar-refractivity contribution >= 4 is 5.91 Å². The van der Waals surface area contributed by atoms with Crippen molar-refractivity contribution < 1.29 is 13.7 Å². The van der Waals surface area contributed by atoms with Crippen LogP contribution in [0.3, 0.4) is 0 Å². The zero-order valence-electron chi connectivity index (χ0n) is 16.6. The maximum atomic E-state index is 12.2. The van der Waals surface area contributed by atoms with E-state index in [1.165, 1.54) is 0 Å². The Morgan fingerprint density at radius 2 is 1.97 bits per heavy atom. The molecule has 0 spiro atoms. The minimum absolute atomic E-state index is 0.123. The maximum absolute atomic E-state index is 12.2. The van der Waals surface area contributed by atoms with Gasteiger partial charge in [0.05, 0.1) is 0 Å². The van der Waals surface area contributed by atoms with Gasteiger partial charge in [0.2, 0.25) is 11.7 Å². The quantitative estimate of drug-likeness (QED) is 0.661. The van der Waals surface area contributed by atoms with E-state index in [0.29, 0.717) is 17.5 Å². The van der Waals surface area contributed by atoms with E-state index in [4.69, 9.17) is 8.94 Å². The summed E-state index contributed by atoms with van der Waals surface area (Å²) in [5.74, 6) is 2.34. The first-order chi connectivity index (χ1) is 14.2. The van der Waals surface area contributed by atoms with Crippen LogP contribution in [0.15, 0.2) is 51.4 Å². The van der Waals surface area contributed by atoms with Crippen LogP contribution in [0.25, 0.3) is 11.4 Å². The fraction of sp³-hybridized carbons (Fsp3) is 0.409. The highest BCUT2D eigenvalue weighted by atomic mass is 16.5. The first-order valence-electron chi connectivity index (χ1n) is 10.1. The monoisotopic (exact) mass is 394 g/mol. The normalized spacial score (nSPS) is 15.5. The average Bonchev–Trinajstić information content (AvgIpc) is 3.39. The Morgan fingerprint density at radius 1 is 1.17 bits per heavy atom. The van der Waals surface area contributed by atoms with Gasteiger partial charge in [0.1, 0.15) is 5.76 Å². The summed E-state index contributed by atoms with van der Waals surface area (Å²) in [6, 6.07) is 13.6. The Hall–Kier alpha value is -2.93. The lowest BCUT2D eigenvalue weighted by molar-refractivity contribution is 0.0881. The van der Waals surface area contributed by atoms with Crippen molar-refractivity contribution in [2.75, 3.05) is 19.6 Å². The number of furan rings is 1. The number of nitrogens with zero attached hydrogens (tertiary/aromatic N) is 3. The number of likely N-dealkylation sites (tertiary alicyclic amines) is 1. The lowest BCUT2D eigenvalue weighted by atomic mass is 10.0. The van der Waals surface area contributed by atoms with Gasteiger partial charge < -0.3 is 19.2 Å². The SMILES string of the molecule is Cc1ccc(C(=O)NC2CCN(CCCc3nc(-c4ccccc4)no3)CC2)o1. The number of hydrogen-bond donors (Lipinski definition) is 1. The fourth-order valence-corrected chi connectivity index (χ4v) is 3.63. The number of aromatic nitrogens is 2. The number of nitrogens with one attached hydrogen (secondary N) is 1. The van der Waals surface area contributed by atoms with Crippen molar-refractivity contribution in [2.24, 2.45) is 0 Å². The molecular formula is C22H26N4O3. The number of benzene rings is 1. The number of aryl methyl sites for hydroxylation is 2. The Kier molecular flexibility index (Phi) is 6.05. The molecule has 1 N–H and O–H groups in total. The van der Waals surface area contributed by atoms with Gasteiger partial charge in [0.15, 0.2) is 5.76 Å². The lowest BCUT2D eigenvalue weighted by Crippen LogP contribution is -2.44. The highest BCUT2D eigenvalue weighted by Crippen LogP contribution is 2.16. The third-order valence-corrected chi connectivity index (χ3v) is 5.25. The summed E-state index contributed by atoms with van der Waals surface area (Å²) in [6.07, 6.45) is 3.64. The van der Waals surface area contributed by atoms with Crippen molar-refractivity contribution in [3.05, 3.63) is 59.9 Å². The van der Waals surface area contributed by atoms with Crippen molar-refractivity contribution in [3.63, 3.8) is 0 Å². The number of rotatable bonds is 7. The molecule has 2 aromatic heterocycles. The van der Waals surface area contributed by atoms with Gasteiger partial charge in [-0.1, -0.05) is 35.5 Å². The summed E-state index contributed by atoms with van der Waals surface area (Å²) < 4.78 is 10.8. The second-order valence-electron chi connectivity index (χ2n) is 7.48. The molecule has 0 radical (unpaired) electrons. The molecule has 3 aromatic rings. The Balaban J connectivity index is 1.17. The van der Waals surface area contributed by atoms with Gasteiger partial charge in [-0.3, -0.25) is 4.79 Å². The van der Waals surface area contributed by atoms with Crippen molar-refractivity contribution in [1.82, 2.24) is 20.4 Å². The zero-order chi connectivity index (χ0) is 20.1. The molecule has 1 saturated heterocycles. The van der Waals surface area contributed by atoms with Crippen molar-refractivity contribution in [1.29, 1.82) is 0 Å². The molecule has 152 valence electrons. The highest BCUT2D eigenvalue weighted by Gasteiger charge is 2.22. The molecule has 0 bridgehead atoms. The molecule has 0 aliphatic carbocycles. The van der Waals surface area contributed by atoms with Crippen LogP contribution in [0.5, 0.6) is 0 Å². The van der Waals surface area contributed by atoms with E-state index in [2.05, 4.69) is 20.4 Å². The molecule has 1 aliphatic rings. The minimum atomic E-state index is -0.123.